The summed E-state index contributed by atoms with van der Waals surface area (Å²) < 4.78 is 10.7. The van der Waals surface area contributed by atoms with Gasteiger partial charge in [0.1, 0.15) is 0 Å². The summed E-state index contributed by atoms with van der Waals surface area (Å²) in [4.78, 5) is 11.7. The second kappa shape index (κ2) is 10.1. The van der Waals surface area contributed by atoms with Crippen LogP contribution in [0.15, 0.2) is 0 Å². The number of carbonyl (C=O) groups is 1. The number of piperidine rings is 1. The molecule has 0 spiro atoms. The highest BCUT2D eigenvalue weighted by Crippen LogP contribution is 2.07. The molecule has 1 aliphatic rings. The standard InChI is InChI=1S/C13H26N2O4/c1-18-10-11(4-8-16)15-13(17)5-9-19-12-2-6-14-7-3-12/h11-12,14,16H,2-10H2,1H3,(H,15,17). The second-order valence-corrected chi connectivity index (χ2v) is 4.80. The number of aliphatic hydroxyl groups is 1. The zero-order valence-electron chi connectivity index (χ0n) is 11.7. The Morgan fingerprint density at radius 2 is 2.21 bits per heavy atom. The summed E-state index contributed by atoms with van der Waals surface area (Å²) in [5, 5.41) is 15.0. The first-order valence-corrected chi connectivity index (χ1v) is 6.97. The van der Waals surface area contributed by atoms with Gasteiger partial charge in [-0.05, 0) is 32.4 Å². The molecule has 0 aromatic heterocycles. The zero-order chi connectivity index (χ0) is 13.9. The average molecular weight is 274 g/mol. The van der Waals surface area contributed by atoms with E-state index in [1.807, 2.05) is 0 Å². The first-order valence-electron chi connectivity index (χ1n) is 6.97. The van der Waals surface area contributed by atoms with E-state index in [1.165, 1.54) is 0 Å². The number of hydrogen-bond acceptors (Lipinski definition) is 5. The molecule has 0 bridgehead atoms. The molecule has 1 saturated heterocycles. The van der Waals surface area contributed by atoms with Crippen LogP contribution in [0.2, 0.25) is 0 Å². The molecule has 6 nitrogen and oxygen atoms in total. The Labute approximate surface area is 114 Å². The van der Waals surface area contributed by atoms with E-state index in [0.717, 1.165) is 25.9 Å². The van der Waals surface area contributed by atoms with Gasteiger partial charge in [-0.25, -0.2) is 0 Å². The maximum atomic E-state index is 11.7. The highest BCUT2D eigenvalue weighted by Gasteiger charge is 2.15. The van der Waals surface area contributed by atoms with Crippen LogP contribution < -0.4 is 10.6 Å². The molecule has 112 valence electrons. The lowest BCUT2D eigenvalue weighted by Crippen LogP contribution is -2.39. The molecule has 1 rings (SSSR count). The minimum absolute atomic E-state index is 0.0415. The molecular formula is C13H26N2O4. The molecule has 1 aliphatic heterocycles. The third-order valence-corrected chi connectivity index (χ3v) is 3.18. The highest BCUT2D eigenvalue weighted by molar-refractivity contribution is 5.76. The van der Waals surface area contributed by atoms with E-state index >= 15 is 0 Å². The molecule has 6 heteroatoms. The molecule has 1 fully saturated rings. The minimum atomic E-state index is -0.124. The Hall–Kier alpha value is -0.690. The zero-order valence-corrected chi connectivity index (χ0v) is 11.7. The van der Waals surface area contributed by atoms with E-state index in [9.17, 15) is 4.79 Å². The van der Waals surface area contributed by atoms with Crippen LogP contribution >= 0.6 is 0 Å². The molecule has 3 N–H and O–H groups in total. The second-order valence-electron chi connectivity index (χ2n) is 4.80. The summed E-state index contributed by atoms with van der Waals surface area (Å²) in [7, 11) is 1.58. The number of hydrogen-bond donors (Lipinski definition) is 3. The number of aliphatic hydroxyl groups excluding tert-OH is 1. The molecule has 0 aromatic rings. The van der Waals surface area contributed by atoms with Crippen molar-refractivity contribution in [3.63, 3.8) is 0 Å². The van der Waals surface area contributed by atoms with Crippen LogP contribution in [0, 0.1) is 0 Å². The highest BCUT2D eigenvalue weighted by atomic mass is 16.5. The fourth-order valence-corrected chi connectivity index (χ4v) is 2.13. The smallest absolute Gasteiger partial charge is 0.222 e. The fraction of sp³-hybridized carbons (Fsp3) is 0.923. The number of nitrogens with one attached hydrogen (secondary N) is 2. The van der Waals surface area contributed by atoms with Crippen molar-refractivity contribution in [2.45, 2.75) is 37.8 Å². The lowest BCUT2D eigenvalue weighted by molar-refractivity contribution is -0.124. The lowest BCUT2D eigenvalue weighted by Gasteiger charge is -2.23. The largest absolute Gasteiger partial charge is 0.396 e. The van der Waals surface area contributed by atoms with Gasteiger partial charge in [-0.1, -0.05) is 0 Å². The molecule has 0 aromatic carbocycles. The predicted octanol–water partition coefficient (Wildman–Crippen LogP) is -0.341. The van der Waals surface area contributed by atoms with Crippen molar-refractivity contribution in [1.82, 2.24) is 10.6 Å². The summed E-state index contributed by atoms with van der Waals surface area (Å²) in [5.74, 6) is -0.0514. The number of carbonyl (C=O) groups excluding carboxylic acids is 1. The van der Waals surface area contributed by atoms with E-state index in [2.05, 4.69) is 10.6 Å². The van der Waals surface area contributed by atoms with Crippen molar-refractivity contribution in [2.24, 2.45) is 0 Å². The first kappa shape index (κ1) is 16.4. The molecule has 0 aliphatic carbocycles. The fourth-order valence-electron chi connectivity index (χ4n) is 2.13. The normalized spacial score (nSPS) is 18.2. The van der Waals surface area contributed by atoms with E-state index in [4.69, 9.17) is 14.6 Å². The summed E-state index contributed by atoms with van der Waals surface area (Å²) in [6, 6.07) is -0.124. The van der Waals surface area contributed by atoms with Crippen molar-refractivity contribution < 1.29 is 19.4 Å². The van der Waals surface area contributed by atoms with E-state index in [1.54, 1.807) is 7.11 Å². The Kier molecular flexibility index (Phi) is 8.73. The quantitative estimate of drug-likeness (QED) is 0.536. The summed E-state index contributed by atoms with van der Waals surface area (Å²) >= 11 is 0. The number of rotatable bonds is 9. The Balaban J connectivity index is 2.11. The van der Waals surface area contributed by atoms with E-state index < -0.39 is 0 Å². The molecule has 1 unspecified atom stereocenters. The van der Waals surface area contributed by atoms with Crippen LogP contribution in [0.5, 0.6) is 0 Å². The van der Waals surface area contributed by atoms with E-state index in [0.29, 0.717) is 26.1 Å². The third-order valence-electron chi connectivity index (χ3n) is 3.18. The topological polar surface area (TPSA) is 79.8 Å². The van der Waals surface area contributed by atoms with Crippen molar-refractivity contribution in [3.8, 4) is 0 Å². The summed E-state index contributed by atoms with van der Waals surface area (Å²) in [5.41, 5.74) is 0. The van der Waals surface area contributed by atoms with Crippen LogP contribution in [-0.4, -0.2) is 63.2 Å². The minimum Gasteiger partial charge on any atom is -0.396 e. The first-order chi connectivity index (χ1) is 9.26. The van der Waals surface area contributed by atoms with Crippen LogP contribution in [0.1, 0.15) is 25.7 Å². The van der Waals surface area contributed by atoms with E-state index in [-0.39, 0.29) is 24.7 Å². The van der Waals surface area contributed by atoms with Gasteiger partial charge >= 0.3 is 0 Å². The number of ether oxygens (including phenoxy) is 2. The monoisotopic (exact) mass is 274 g/mol. The van der Waals surface area contributed by atoms with Crippen LogP contribution in [0.3, 0.4) is 0 Å². The SMILES string of the molecule is COCC(CCO)NC(=O)CCOC1CCNCC1. The average Bonchev–Trinajstić information content (AvgIpc) is 2.40. The van der Waals surface area contributed by atoms with Gasteiger partial charge in [-0.2, -0.15) is 0 Å². The Morgan fingerprint density at radius 1 is 1.47 bits per heavy atom. The maximum absolute atomic E-state index is 11.7. The van der Waals surface area contributed by atoms with Gasteiger partial charge in [0, 0.05) is 20.1 Å². The third kappa shape index (κ3) is 7.47. The van der Waals surface area contributed by atoms with Crippen molar-refractivity contribution in [3.05, 3.63) is 0 Å². The molecule has 0 radical (unpaired) electrons. The molecular weight excluding hydrogens is 248 g/mol. The number of amides is 1. The molecule has 19 heavy (non-hydrogen) atoms. The van der Waals surface area contributed by atoms with Crippen LogP contribution in [-0.2, 0) is 14.3 Å². The summed E-state index contributed by atoms with van der Waals surface area (Å²) in [6.07, 6.45) is 3.17. The van der Waals surface area contributed by atoms with Crippen molar-refractivity contribution in [1.29, 1.82) is 0 Å². The maximum Gasteiger partial charge on any atom is 0.222 e. The van der Waals surface area contributed by atoms with Gasteiger partial charge in [-0.15, -0.1) is 0 Å². The molecule has 1 amide bonds. The Bertz CT molecular complexity index is 239. The molecule has 0 saturated carbocycles. The van der Waals surface area contributed by atoms with Gasteiger partial charge in [0.25, 0.3) is 0 Å². The predicted molar refractivity (Wildman–Crippen MR) is 72.0 cm³/mol. The van der Waals surface area contributed by atoms with Crippen LogP contribution in [0.4, 0.5) is 0 Å². The summed E-state index contributed by atoms with van der Waals surface area (Å²) in [6.45, 7) is 2.89. The van der Waals surface area contributed by atoms with Crippen LogP contribution in [0.25, 0.3) is 0 Å². The van der Waals surface area contributed by atoms with Crippen molar-refractivity contribution in [2.75, 3.05) is 40.0 Å². The number of methoxy groups -OCH3 is 1. The lowest BCUT2D eigenvalue weighted by atomic mass is 10.1. The van der Waals surface area contributed by atoms with Crippen molar-refractivity contribution >= 4 is 5.91 Å². The molecule has 1 heterocycles. The van der Waals surface area contributed by atoms with Gasteiger partial charge in [0.15, 0.2) is 0 Å². The van der Waals surface area contributed by atoms with Gasteiger partial charge in [-0.3, -0.25) is 4.79 Å². The van der Waals surface area contributed by atoms with Gasteiger partial charge in [0.05, 0.1) is 25.4 Å². The van der Waals surface area contributed by atoms with Gasteiger partial charge < -0.3 is 25.2 Å². The Morgan fingerprint density at radius 3 is 2.84 bits per heavy atom. The molecule has 1 atom stereocenters. The van der Waals surface area contributed by atoms with Gasteiger partial charge in [0.2, 0.25) is 5.91 Å².